The van der Waals surface area contributed by atoms with E-state index < -0.39 is 0 Å². The average molecular weight is 504 g/mol. The summed E-state index contributed by atoms with van der Waals surface area (Å²) in [7, 11) is 0. The lowest BCUT2D eigenvalue weighted by Gasteiger charge is -2.07. The van der Waals surface area contributed by atoms with E-state index in [1.165, 1.54) is 44.6 Å². The van der Waals surface area contributed by atoms with Gasteiger partial charge in [-0.3, -0.25) is 9.59 Å². The maximum Gasteiger partial charge on any atom is 0.330 e. The number of pyridine rings is 1. The van der Waals surface area contributed by atoms with Crippen LogP contribution in [-0.2, 0) is 16.1 Å². The second-order valence-corrected chi connectivity index (χ2v) is 9.24. The number of hydrogen-bond donors (Lipinski definition) is 0. The summed E-state index contributed by atoms with van der Waals surface area (Å²) in [5, 5.41) is 1.68. The number of esters is 1. The smallest absolute Gasteiger partial charge is 0.330 e. The molecular formula is C32H41NO4. The van der Waals surface area contributed by atoms with Crippen LogP contribution in [0.3, 0.4) is 0 Å². The zero-order chi connectivity index (χ0) is 25.6. The minimum absolute atomic E-state index is 0. The molecule has 0 radical (unpaired) electrons. The molecule has 3 aromatic rings. The van der Waals surface area contributed by atoms with Crippen LogP contribution in [0.4, 0.5) is 0 Å². The first-order chi connectivity index (χ1) is 17.6. The maximum absolute atomic E-state index is 12.6. The molecule has 0 saturated carbocycles. The first-order valence-electron chi connectivity index (χ1n) is 13.1. The zero-order valence-corrected chi connectivity index (χ0v) is 21.1. The number of aromatic nitrogens is 1. The number of nitrogens with zero attached hydrogens (tertiary/aromatic N) is 1. The Morgan fingerprint density at radius 3 is 2.05 bits per heavy atom. The van der Waals surface area contributed by atoms with Gasteiger partial charge in [-0.25, -0.2) is 4.79 Å². The Morgan fingerprint density at radius 1 is 0.784 bits per heavy atom. The summed E-state index contributed by atoms with van der Waals surface area (Å²) in [4.78, 5) is 36.2. The summed E-state index contributed by atoms with van der Waals surface area (Å²) in [6, 6.07) is 16.5. The lowest BCUT2D eigenvalue weighted by molar-refractivity contribution is -0.137. The standard InChI is InChI=1S/C31H37NO4.CH4/c1-2-31(35)36-21-15-10-8-6-4-3-5-7-9-14-20-32-24-27-22-28(25-16-12-11-13-17-25)29(33)19-18-26(27)23-30(32)34;/h2,11-13,16-19,22-24H,1,3-10,14-15,20-21H2;1H4. The van der Waals surface area contributed by atoms with E-state index in [0.29, 0.717) is 18.7 Å². The van der Waals surface area contributed by atoms with E-state index in [1.807, 2.05) is 42.6 Å². The molecule has 0 saturated heterocycles. The fourth-order valence-corrected chi connectivity index (χ4v) is 4.40. The quantitative estimate of drug-likeness (QED) is 0.124. The van der Waals surface area contributed by atoms with Crippen LogP contribution in [0, 0.1) is 0 Å². The first-order valence-corrected chi connectivity index (χ1v) is 13.1. The number of fused-ring (bicyclic) bond motifs is 1. The molecule has 0 spiro atoms. The zero-order valence-electron chi connectivity index (χ0n) is 21.1. The van der Waals surface area contributed by atoms with Crippen LogP contribution in [0.15, 0.2) is 83.0 Å². The van der Waals surface area contributed by atoms with E-state index >= 15 is 0 Å². The van der Waals surface area contributed by atoms with Gasteiger partial charge in [-0.1, -0.05) is 102 Å². The summed E-state index contributed by atoms with van der Waals surface area (Å²) in [6.45, 7) is 4.56. The molecular weight excluding hydrogens is 462 g/mol. The molecule has 0 aliphatic rings. The minimum Gasteiger partial charge on any atom is -0.463 e. The third kappa shape index (κ3) is 9.83. The Kier molecular flexibility index (Phi) is 13.1. The third-order valence-corrected chi connectivity index (χ3v) is 6.46. The van der Waals surface area contributed by atoms with Gasteiger partial charge in [-0.15, -0.1) is 0 Å². The largest absolute Gasteiger partial charge is 0.463 e. The van der Waals surface area contributed by atoms with Crippen molar-refractivity contribution in [3.8, 4) is 11.1 Å². The highest BCUT2D eigenvalue weighted by Gasteiger charge is 2.05. The number of benzene rings is 1. The Balaban J connectivity index is 0.00000481. The molecule has 0 atom stereocenters. The highest BCUT2D eigenvalue weighted by atomic mass is 16.5. The molecule has 2 aromatic carbocycles. The van der Waals surface area contributed by atoms with E-state index in [4.69, 9.17) is 4.74 Å². The van der Waals surface area contributed by atoms with Gasteiger partial charge in [-0.2, -0.15) is 0 Å². The summed E-state index contributed by atoms with van der Waals surface area (Å²) in [5.74, 6) is -0.343. The van der Waals surface area contributed by atoms with Crippen LogP contribution in [0.2, 0.25) is 0 Å². The number of carbonyl (C=O) groups excluding carboxylic acids is 1. The van der Waals surface area contributed by atoms with Crippen molar-refractivity contribution in [1.29, 1.82) is 0 Å². The number of hydrogen-bond acceptors (Lipinski definition) is 4. The summed E-state index contributed by atoms with van der Waals surface area (Å²) < 4.78 is 6.75. The predicted octanol–water partition coefficient (Wildman–Crippen LogP) is 7.30. The highest BCUT2D eigenvalue weighted by Crippen LogP contribution is 2.19. The highest BCUT2D eigenvalue weighted by molar-refractivity contribution is 5.84. The molecule has 5 heteroatoms. The first kappa shape index (κ1) is 29.8. The van der Waals surface area contributed by atoms with Crippen LogP contribution < -0.4 is 11.0 Å². The molecule has 3 rings (SSSR count). The van der Waals surface area contributed by atoms with Gasteiger partial charge in [-0.05, 0) is 41.3 Å². The van der Waals surface area contributed by atoms with E-state index in [-0.39, 0.29) is 24.4 Å². The van der Waals surface area contributed by atoms with Gasteiger partial charge < -0.3 is 9.30 Å². The molecule has 0 N–H and O–H groups in total. The molecule has 0 bridgehead atoms. The number of rotatable bonds is 15. The van der Waals surface area contributed by atoms with Crippen molar-refractivity contribution in [2.45, 2.75) is 78.2 Å². The Morgan fingerprint density at radius 2 is 1.41 bits per heavy atom. The predicted molar refractivity (Wildman–Crippen MR) is 154 cm³/mol. The van der Waals surface area contributed by atoms with Gasteiger partial charge in [0.05, 0.1) is 6.61 Å². The van der Waals surface area contributed by atoms with Crippen LogP contribution in [0.5, 0.6) is 0 Å². The summed E-state index contributed by atoms with van der Waals surface area (Å²) in [5.41, 5.74) is 1.45. The van der Waals surface area contributed by atoms with Gasteiger partial charge in [0.25, 0.3) is 5.56 Å². The summed E-state index contributed by atoms with van der Waals surface area (Å²) in [6.07, 6.45) is 14.4. The molecule has 37 heavy (non-hydrogen) atoms. The normalized spacial score (nSPS) is 10.6. The number of ether oxygens (including phenoxy) is 1. The molecule has 1 aromatic heterocycles. The molecule has 0 unspecified atom stereocenters. The van der Waals surface area contributed by atoms with Crippen LogP contribution in [0.25, 0.3) is 21.9 Å². The van der Waals surface area contributed by atoms with Crippen molar-refractivity contribution in [2.24, 2.45) is 0 Å². The molecule has 198 valence electrons. The molecule has 0 fully saturated rings. The number of aryl methyl sites for hydroxylation is 1. The van der Waals surface area contributed by atoms with Gasteiger partial charge in [0.15, 0.2) is 5.43 Å². The average Bonchev–Trinajstić information content (AvgIpc) is 3.05. The molecule has 0 aliphatic carbocycles. The lowest BCUT2D eigenvalue weighted by Crippen LogP contribution is -2.18. The van der Waals surface area contributed by atoms with Crippen LogP contribution in [-0.4, -0.2) is 17.1 Å². The Hall–Kier alpha value is -3.47. The van der Waals surface area contributed by atoms with Crippen LogP contribution in [0.1, 0.15) is 71.6 Å². The maximum atomic E-state index is 12.6. The van der Waals surface area contributed by atoms with Crippen molar-refractivity contribution in [3.05, 3.63) is 94.0 Å². The van der Waals surface area contributed by atoms with E-state index in [1.54, 1.807) is 22.8 Å². The number of unbranched alkanes of at least 4 members (excludes halogenated alkanes) is 9. The second kappa shape index (κ2) is 16.3. The number of carbonyl (C=O) groups is 1. The fourth-order valence-electron chi connectivity index (χ4n) is 4.40. The van der Waals surface area contributed by atoms with Crippen LogP contribution >= 0.6 is 0 Å². The topological polar surface area (TPSA) is 65.4 Å². The third-order valence-electron chi connectivity index (χ3n) is 6.46. The molecule has 0 aliphatic heterocycles. The fraction of sp³-hybridized carbons (Fsp3) is 0.406. The van der Waals surface area contributed by atoms with Gasteiger partial charge in [0, 0.05) is 30.4 Å². The summed E-state index contributed by atoms with van der Waals surface area (Å²) >= 11 is 0. The van der Waals surface area contributed by atoms with Crippen molar-refractivity contribution in [2.75, 3.05) is 6.61 Å². The van der Waals surface area contributed by atoms with Crippen molar-refractivity contribution in [1.82, 2.24) is 4.57 Å². The lowest BCUT2D eigenvalue weighted by atomic mass is 10.1. The molecule has 0 amide bonds. The van der Waals surface area contributed by atoms with Crippen molar-refractivity contribution >= 4 is 16.7 Å². The van der Waals surface area contributed by atoms with Gasteiger partial charge >= 0.3 is 5.97 Å². The monoisotopic (exact) mass is 503 g/mol. The van der Waals surface area contributed by atoms with E-state index in [2.05, 4.69) is 6.58 Å². The van der Waals surface area contributed by atoms with Crippen molar-refractivity contribution < 1.29 is 9.53 Å². The van der Waals surface area contributed by atoms with Gasteiger partial charge in [0.1, 0.15) is 0 Å². The van der Waals surface area contributed by atoms with Gasteiger partial charge in [0.2, 0.25) is 0 Å². The molecule has 5 nitrogen and oxygen atoms in total. The molecule has 1 heterocycles. The minimum atomic E-state index is -0.343. The SMILES string of the molecule is C.C=CC(=O)OCCCCCCCCCCCCn1cc2cc(-c3ccccc3)c(=O)ccc2cc1=O. The van der Waals surface area contributed by atoms with E-state index in [0.717, 1.165) is 42.0 Å². The Labute approximate surface area is 220 Å². The Bertz CT molecular complexity index is 1250. The van der Waals surface area contributed by atoms with E-state index in [9.17, 15) is 14.4 Å². The second-order valence-electron chi connectivity index (χ2n) is 9.24. The van der Waals surface area contributed by atoms with Crippen molar-refractivity contribution in [3.63, 3.8) is 0 Å².